The van der Waals surface area contributed by atoms with E-state index in [-0.39, 0.29) is 0 Å². The van der Waals surface area contributed by atoms with Gasteiger partial charge in [0.25, 0.3) is 0 Å². The molecule has 0 radical (unpaired) electrons. The fourth-order valence-electron chi connectivity index (χ4n) is 1.35. The Hall–Kier alpha value is -0.560. The Morgan fingerprint density at radius 3 is 2.08 bits per heavy atom. The van der Waals surface area contributed by atoms with E-state index in [1.165, 1.54) is 11.1 Å². The summed E-state index contributed by atoms with van der Waals surface area (Å²) in [6.45, 7) is 10.0. The van der Waals surface area contributed by atoms with Crippen LogP contribution < -0.4 is 0 Å². The predicted molar refractivity (Wildman–Crippen MR) is 58.7 cm³/mol. The maximum absolute atomic E-state index is 9.89. The highest BCUT2D eigenvalue weighted by Gasteiger charge is 2.14. The van der Waals surface area contributed by atoms with Crippen LogP contribution in [0.2, 0.25) is 0 Å². The molecule has 0 saturated carbocycles. The average Bonchev–Trinajstić information content (AvgIpc) is 1.81. The largest absolute Gasteiger partial charge is 0.386 e. The van der Waals surface area contributed by atoms with Crippen LogP contribution in [0.3, 0.4) is 0 Å². The van der Waals surface area contributed by atoms with Crippen LogP contribution in [0.5, 0.6) is 0 Å². The molecule has 0 aromatic rings. The average molecular weight is 182 g/mol. The maximum atomic E-state index is 9.89. The molecule has 0 aliphatic heterocycles. The van der Waals surface area contributed by atoms with Gasteiger partial charge < -0.3 is 5.11 Å². The molecule has 0 spiro atoms. The molecule has 1 atom stereocenters. The molecule has 1 nitrogen and oxygen atoms in total. The van der Waals surface area contributed by atoms with Crippen LogP contribution in [0, 0.1) is 0 Å². The van der Waals surface area contributed by atoms with Gasteiger partial charge in [0, 0.05) is 0 Å². The minimum Gasteiger partial charge on any atom is -0.386 e. The molecular weight excluding hydrogens is 160 g/mol. The van der Waals surface area contributed by atoms with Crippen molar-refractivity contribution in [2.24, 2.45) is 0 Å². The van der Waals surface area contributed by atoms with Gasteiger partial charge >= 0.3 is 0 Å². The highest BCUT2D eigenvalue weighted by molar-refractivity contribution is 5.06. The molecule has 76 valence electrons. The fraction of sp³-hybridized carbons (Fsp3) is 0.667. The third-order valence-electron chi connectivity index (χ3n) is 1.80. The second-order valence-electron chi connectivity index (χ2n) is 4.40. The van der Waals surface area contributed by atoms with Crippen LogP contribution in [0.4, 0.5) is 0 Å². The summed E-state index contributed by atoms with van der Waals surface area (Å²) in [7, 11) is 0. The van der Waals surface area contributed by atoms with Crippen molar-refractivity contribution < 1.29 is 5.11 Å². The lowest BCUT2D eigenvalue weighted by Gasteiger charge is -2.18. The molecule has 1 heteroatoms. The van der Waals surface area contributed by atoms with E-state index in [9.17, 15) is 5.11 Å². The van der Waals surface area contributed by atoms with Gasteiger partial charge in [-0.2, -0.15) is 0 Å². The first-order valence-corrected chi connectivity index (χ1v) is 4.85. The van der Waals surface area contributed by atoms with Crippen LogP contribution in [0.15, 0.2) is 23.3 Å². The molecule has 13 heavy (non-hydrogen) atoms. The summed E-state index contributed by atoms with van der Waals surface area (Å²) in [4.78, 5) is 0. The van der Waals surface area contributed by atoms with E-state index in [1.54, 1.807) is 0 Å². The van der Waals surface area contributed by atoms with E-state index in [2.05, 4.69) is 19.9 Å². The first-order chi connectivity index (χ1) is 5.83. The second-order valence-corrected chi connectivity index (χ2v) is 4.40. The monoisotopic (exact) mass is 182 g/mol. The summed E-state index contributed by atoms with van der Waals surface area (Å²) < 4.78 is 0. The standard InChI is InChI=1S/C12H22O/c1-10(2)7-6-8-12(5,13)9-11(3)4/h7,9,13H,6,8H2,1-5H3. The maximum Gasteiger partial charge on any atom is 0.0805 e. The van der Waals surface area contributed by atoms with Gasteiger partial charge in [0.15, 0.2) is 0 Å². The third-order valence-corrected chi connectivity index (χ3v) is 1.80. The molecule has 0 aliphatic carbocycles. The topological polar surface area (TPSA) is 20.2 Å². The van der Waals surface area contributed by atoms with Crippen molar-refractivity contribution in [2.75, 3.05) is 0 Å². The van der Waals surface area contributed by atoms with Crippen molar-refractivity contribution in [3.63, 3.8) is 0 Å². The summed E-state index contributed by atoms with van der Waals surface area (Å²) in [5, 5.41) is 9.89. The molecule has 0 bridgehead atoms. The van der Waals surface area contributed by atoms with Gasteiger partial charge in [-0.05, 0) is 47.5 Å². The smallest absolute Gasteiger partial charge is 0.0805 e. The van der Waals surface area contributed by atoms with Gasteiger partial charge in [0.1, 0.15) is 0 Å². The van der Waals surface area contributed by atoms with Crippen LogP contribution in [-0.2, 0) is 0 Å². The minimum atomic E-state index is -0.648. The molecular formula is C12H22O. The Morgan fingerprint density at radius 2 is 1.69 bits per heavy atom. The van der Waals surface area contributed by atoms with Gasteiger partial charge in [-0.1, -0.05) is 23.3 Å². The van der Waals surface area contributed by atoms with Crippen molar-refractivity contribution >= 4 is 0 Å². The molecule has 1 N–H and O–H groups in total. The van der Waals surface area contributed by atoms with E-state index >= 15 is 0 Å². The van der Waals surface area contributed by atoms with E-state index < -0.39 is 5.60 Å². The first-order valence-electron chi connectivity index (χ1n) is 4.85. The van der Waals surface area contributed by atoms with Crippen LogP contribution in [-0.4, -0.2) is 10.7 Å². The number of hydrogen-bond donors (Lipinski definition) is 1. The quantitative estimate of drug-likeness (QED) is 0.660. The highest BCUT2D eigenvalue weighted by Crippen LogP contribution is 2.16. The Labute approximate surface area is 82.2 Å². The molecule has 0 aliphatic rings. The lowest BCUT2D eigenvalue weighted by atomic mass is 9.97. The number of allylic oxidation sites excluding steroid dienone is 3. The molecule has 0 aromatic heterocycles. The van der Waals surface area contributed by atoms with Crippen molar-refractivity contribution in [3.05, 3.63) is 23.3 Å². The van der Waals surface area contributed by atoms with Crippen molar-refractivity contribution in [1.29, 1.82) is 0 Å². The lowest BCUT2D eigenvalue weighted by Crippen LogP contribution is -2.20. The zero-order valence-corrected chi connectivity index (χ0v) is 9.52. The SMILES string of the molecule is CC(C)=CCCC(C)(O)C=C(C)C. The van der Waals surface area contributed by atoms with Gasteiger partial charge in [0.05, 0.1) is 5.60 Å². The Morgan fingerprint density at radius 1 is 1.15 bits per heavy atom. The van der Waals surface area contributed by atoms with Crippen LogP contribution in [0.25, 0.3) is 0 Å². The molecule has 1 unspecified atom stereocenters. The summed E-state index contributed by atoms with van der Waals surface area (Å²) in [5.74, 6) is 0. The number of hydrogen-bond acceptors (Lipinski definition) is 1. The van der Waals surface area contributed by atoms with Crippen molar-refractivity contribution in [3.8, 4) is 0 Å². The normalized spacial score (nSPS) is 14.6. The van der Waals surface area contributed by atoms with Crippen molar-refractivity contribution in [2.45, 2.75) is 53.1 Å². The van der Waals surface area contributed by atoms with Gasteiger partial charge in [-0.15, -0.1) is 0 Å². The zero-order valence-electron chi connectivity index (χ0n) is 9.52. The van der Waals surface area contributed by atoms with E-state index in [0.29, 0.717) is 0 Å². The van der Waals surface area contributed by atoms with Crippen molar-refractivity contribution in [1.82, 2.24) is 0 Å². The first kappa shape index (κ1) is 12.4. The molecule has 0 amide bonds. The summed E-state index contributed by atoms with van der Waals surface area (Å²) in [6, 6.07) is 0. The van der Waals surface area contributed by atoms with Gasteiger partial charge in [0.2, 0.25) is 0 Å². The van der Waals surface area contributed by atoms with Crippen LogP contribution >= 0.6 is 0 Å². The Kier molecular flexibility index (Phi) is 5.01. The molecule has 0 heterocycles. The number of aliphatic hydroxyl groups is 1. The number of rotatable bonds is 4. The molecule has 0 saturated heterocycles. The summed E-state index contributed by atoms with van der Waals surface area (Å²) in [6.07, 6.45) is 5.82. The third kappa shape index (κ3) is 7.79. The zero-order chi connectivity index (χ0) is 10.5. The highest BCUT2D eigenvalue weighted by atomic mass is 16.3. The van der Waals surface area contributed by atoms with Gasteiger partial charge in [-0.25, -0.2) is 0 Å². The Balaban J connectivity index is 4.04. The van der Waals surface area contributed by atoms with E-state index in [4.69, 9.17) is 0 Å². The minimum absolute atomic E-state index is 0.648. The lowest BCUT2D eigenvalue weighted by molar-refractivity contribution is 0.102. The van der Waals surface area contributed by atoms with Crippen LogP contribution in [0.1, 0.15) is 47.5 Å². The molecule has 0 aromatic carbocycles. The van der Waals surface area contributed by atoms with E-state index in [1.807, 2.05) is 26.8 Å². The Bertz CT molecular complexity index is 201. The molecule has 0 fully saturated rings. The molecule has 0 rings (SSSR count). The summed E-state index contributed by atoms with van der Waals surface area (Å²) in [5.41, 5.74) is 1.83. The predicted octanol–water partition coefficient (Wildman–Crippen LogP) is 3.45. The fourth-order valence-corrected chi connectivity index (χ4v) is 1.35. The second kappa shape index (κ2) is 5.23. The van der Waals surface area contributed by atoms with E-state index in [0.717, 1.165) is 12.8 Å². The van der Waals surface area contributed by atoms with Gasteiger partial charge in [-0.3, -0.25) is 0 Å². The summed E-state index contributed by atoms with van der Waals surface area (Å²) >= 11 is 0.